The van der Waals surface area contributed by atoms with Crippen molar-refractivity contribution in [3.05, 3.63) is 95.6 Å². The number of carbonyl (C=O) groups excluding carboxylic acids is 2. The zero-order valence-electron chi connectivity index (χ0n) is 20.2. The number of benzene rings is 3. The highest BCUT2D eigenvalue weighted by Crippen LogP contribution is 2.36. The first kappa shape index (κ1) is 22.7. The van der Waals surface area contributed by atoms with Gasteiger partial charge in [0, 0.05) is 43.6 Å². The Hall–Kier alpha value is -3.80. The second kappa shape index (κ2) is 9.69. The average Bonchev–Trinajstić information content (AvgIpc) is 3.41. The Labute approximate surface area is 211 Å². The van der Waals surface area contributed by atoms with E-state index in [0.717, 1.165) is 12.8 Å². The molecule has 3 aromatic rings. The maximum absolute atomic E-state index is 13.3. The van der Waals surface area contributed by atoms with Crippen molar-refractivity contribution in [2.45, 2.75) is 31.2 Å². The summed E-state index contributed by atoms with van der Waals surface area (Å²) < 4.78 is 10.8. The van der Waals surface area contributed by atoms with Crippen LogP contribution in [0.25, 0.3) is 0 Å². The van der Waals surface area contributed by atoms with Crippen molar-refractivity contribution in [2.24, 2.45) is 5.92 Å². The van der Waals surface area contributed by atoms with Gasteiger partial charge in [-0.05, 0) is 48.1 Å². The summed E-state index contributed by atoms with van der Waals surface area (Å²) in [5.74, 6) is 1.94. The number of nitrogens with zero attached hydrogens (tertiary/aromatic N) is 2. The number of fused-ring (bicyclic) bond motifs is 2. The maximum atomic E-state index is 13.3. The first-order valence-corrected chi connectivity index (χ1v) is 12.8. The largest absolute Gasteiger partial charge is 0.454 e. The van der Waals surface area contributed by atoms with E-state index in [-0.39, 0.29) is 36.5 Å². The van der Waals surface area contributed by atoms with Crippen molar-refractivity contribution >= 4 is 11.8 Å². The van der Waals surface area contributed by atoms with Gasteiger partial charge in [-0.2, -0.15) is 0 Å². The van der Waals surface area contributed by atoms with E-state index in [2.05, 4.69) is 53.4 Å². The summed E-state index contributed by atoms with van der Waals surface area (Å²) in [7, 11) is 0. The van der Waals surface area contributed by atoms with Crippen LogP contribution < -0.4 is 9.47 Å². The van der Waals surface area contributed by atoms with Crippen molar-refractivity contribution in [2.75, 3.05) is 26.4 Å². The van der Waals surface area contributed by atoms with E-state index in [4.69, 9.17) is 9.47 Å². The van der Waals surface area contributed by atoms with Gasteiger partial charge in [0.2, 0.25) is 12.7 Å². The van der Waals surface area contributed by atoms with Crippen LogP contribution in [0.3, 0.4) is 0 Å². The topological polar surface area (TPSA) is 59.1 Å². The molecule has 0 unspecified atom stereocenters. The highest BCUT2D eigenvalue weighted by molar-refractivity contribution is 5.95. The first-order chi connectivity index (χ1) is 17.7. The zero-order chi connectivity index (χ0) is 24.5. The molecular formula is C30H30N2O4. The summed E-state index contributed by atoms with van der Waals surface area (Å²) in [5, 5.41) is 0. The monoisotopic (exact) mass is 482 g/mol. The van der Waals surface area contributed by atoms with E-state index in [1.165, 1.54) is 11.1 Å². The van der Waals surface area contributed by atoms with Gasteiger partial charge in [0.25, 0.3) is 5.91 Å². The van der Waals surface area contributed by atoms with Gasteiger partial charge >= 0.3 is 0 Å². The number of likely N-dealkylation sites (tertiary alicyclic amines) is 2. The third-order valence-corrected chi connectivity index (χ3v) is 7.83. The standard InChI is InChI=1S/C30H30N2O4/c33-29-14-12-24-18-31(30(34)23-11-13-27-28(17-23)36-20-35-27)16-15-26(24)32(29)19-25(21-7-3-1-4-8-21)22-9-5-2-6-10-22/h1-11,13,17,24-26H,12,14-16,18-20H2/t24-,26+/m1/s1. The van der Waals surface area contributed by atoms with Crippen LogP contribution in [0.4, 0.5) is 0 Å². The molecule has 0 bridgehead atoms. The smallest absolute Gasteiger partial charge is 0.254 e. The van der Waals surface area contributed by atoms with Gasteiger partial charge in [-0.25, -0.2) is 0 Å². The van der Waals surface area contributed by atoms with Gasteiger partial charge < -0.3 is 19.3 Å². The summed E-state index contributed by atoms with van der Waals surface area (Å²) in [6.07, 6.45) is 2.15. The van der Waals surface area contributed by atoms with Crippen LogP contribution in [0.15, 0.2) is 78.9 Å². The van der Waals surface area contributed by atoms with E-state index in [1.807, 2.05) is 23.1 Å². The van der Waals surface area contributed by atoms with Crippen molar-refractivity contribution in [3.8, 4) is 11.5 Å². The Bertz CT molecular complexity index is 1210. The van der Waals surface area contributed by atoms with Crippen LogP contribution in [0, 0.1) is 5.92 Å². The van der Waals surface area contributed by atoms with Crippen LogP contribution in [0.5, 0.6) is 11.5 Å². The average molecular weight is 483 g/mol. The number of piperidine rings is 2. The third kappa shape index (κ3) is 4.32. The Morgan fingerprint density at radius 3 is 2.31 bits per heavy atom. The van der Waals surface area contributed by atoms with Gasteiger partial charge in [-0.1, -0.05) is 60.7 Å². The second-order valence-electron chi connectivity index (χ2n) is 9.89. The third-order valence-electron chi connectivity index (χ3n) is 7.83. The van der Waals surface area contributed by atoms with E-state index in [1.54, 1.807) is 12.1 Å². The van der Waals surface area contributed by atoms with Crippen molar-refractivity contribution < 1.29 is 19.1 Å². The van der Waals surface area contributed by atoms with Gasteiger partial charge in [0.1, 0.15) is 0 Å². The van der Waals surface area contributed by atoms with E-state index < -0.39 is 0 Å². The maximum Gasteiger partial charge on any atom is 0.254 e. The first-order valence-electron chi connectivity index (χ1n) is 12.8. The van der Waals surface area contributed by atoms with E-state index in [0.29, 0.717) is 43.1 Å². The van der Waals surface area contributed by atoms with Gasteiger partial charge in [0.15, 0.2) is 11.5 Å². The van der Waals surface area contributed by atoms with Crippen LogP contribution in [0.1, 0.15) is 46.7 Å². The van der Waals surface area contributed by atoms with Crippen molar-refractivity contribution in [1.29, 1.82) is 0 Å². The highest BCUT2D eigenvalue weighted by atomic mass is 16.7. The fourth-order valence-corrected chi connectivity index (χ4v) is 5.96. The Balaban J connectivity index is 1.20. The molecule has 3 heterocycles. The Kier molecular flexibility index (Phi) is 6.09. The molecule has 6 heteroatoms. The fraction of sp³-hybridized carbons (Fsp3) is 0.333. The fourth-order valence-electron chi connectivity index (χ4n) is 5.96. The molecule has 0 N–H and O–H groups in total. The molecule has 0 saturated carbocycles. The number of ether oxygens (including phenoxy) is 2. The molecule has 3 aromatic carbocycles. The summed E-state index contributed by atoms with van der Waals surface area (Å²) >= 11 is 0. The predicted octanol–water partition coefficient (Wildman–Crippen LogP) is 4.70. The summed E-state index contributed by atoms with van der Waals surface area (Å²) in [4.78, 5) is 30.6. The van der Waals surface area contributed by atoms with Gasteiger partial charge in [-0.3, -0.25) is 9.59 Å². The molecule has 36 heavy (non-hydrogen) atoms. The second-order valence-corrected chi connectivity index (χ2v) is 9.89. The molecule has 0 aromatic heterocycles. The Morgan fingerprint density at radius 1 is 0.889 bits per heavy atom. The number of carbonyl (C=O) groups is 2. The number of amides is 2. The van der Waals surface area contributed by atoms with E-state index >= 15 is 0 Å². The molecule has 0 spiro atoms. The van der Waals surface area contributed by atoms with Crippen LogP contribution in [-0.4, -0.2) is 54.1 Å². The zero-order valence-corrected chi connectivity index (χ0v) is 20.2. The molecule has 2 saturated heterocycles. The minimum Gasteiger partial charge on any atom is -0.454 e. The molecule has 6 rings (SSSR count). The van der Waals surface area contributed by atoms with Crippen LogP contribution in [0.2, 0.25) is 0 Å². The van der Waals surface area contributed by atoms with Crippen molar-refractivity contribution in [3.63, 3.8) is 0 Å². The molecule has 0 aliphatic carbocycles. The van der Waals surface area contributed by atoms with E-state index in [9.17, 15) is 9.59 Å². The normalized spacial score (nSPS) is 21.0. The lowest BCUT2D eigenvalue weighted by molar-refractivity contribution is -0.140. The molecule has 3 aliphatic heterocycles. The lowest BCUT2D eigenvalue weighted by atomic mass is 9.81. The lowest BCUT2D eigenvalue weighted by Crippen LogP contribution is -2.57. The number of hydrogen-bond acceptors (Lipinski definition) is 4. The quantitative estimate of drug-likeness (QED) is 0.529. The number of rotatable bonds is 5. The summed E-state index contributed by atoms with van der Waals surface area (Å²) in [5.41, 5.74) is 3.05. The predicted molar refractivity (Wildman–Crippen MR) is 136 cm³/mol. The minimum atomic E-state index is 0.0154. The molecule has 6 nitrogen and oxygen atoms in total. The minimum absolute atomic E-state index is 0.0154. The molecular weight excluding hydrogens is 452 g/mol. The molecule has 2 atom stereocenters. The molecule has 3 aliphatic rings. The van der Waals surface area contributed by atoms with Crippen LogP contribution >= 0.6 is 0 Å². The van der Waals surface area contributed by atoms with Gasteiger partial charge in [0.05, 0.1) is 0 Å². The molecule has 184 valence electrons. The summed E-state index contributed by atoms with van der Waals surface area (Å²) in [6.45, 7) is 2.16. The molecule has 2 amide bonds. The lowest BCUT2D eigenvalue weighted by Gasteiger charge is -2.48. The number of hydrogen-bond donors (Lipinski definition) is 0. The Morgan fingerprint density at radius 2 is 1.58 bits per heavy atom. The molecule has 0 radical (unpaired) electrons. The van der Waals surface area contributed by atoms with Gasteiger partial charge in [-0.15, -0.1) is 0 Å². The summed E-state index contributed by atoms with van der Waals surface area (Å²) in [6, 6.07) is 26.4. The van der Waals surface area contributed by atoms with Crippen LogP contribution in [-0.2, 0) is 4.79 Å². The highest BCUT2D eigenvalue weighted by Gasteiger charge is 2.41. The van der Waals surface area contributed by atoms with Crippen molar-refractivity contribution in [1.82, 2.24) is 9.80 Å². The SMILES string of the molecule is O=C(c1ccc2c(c1)OCO2)N1CC[C@H]2[C@H](CCC(=O)N2CC(c2ccccc2)c2ccccc2)C1. The molecule has 2 fully saturated rings.